The van der Waals surface area contributed by atoms with Crippen molar-refractivity contribution in [1.29, 1.82) is 0 Å². The number of aryl methyl sites for hydroxylation is 1. The van der Waals surface area contributed by atoms with Crippen LogP contribution in [-0.2, 0) is 0 Å². The number of hydrogen-bond acceptors (Lipinski definition) is 0. The predicted molar refractivity (Wildman–Crippen MR) is 126 cm³/mol. The van der Waals surface area contributed by atoms with Crippen LogP contribution in [0.25, 0.3) is 0 Å². The molecule has 3 rings (SSSR count). The molecular formula is C28H44. The molecule has 0 spiro atoms. The highest BCUT2D eigenvalue weighted by Gasteiger charge is 2.37. The first kappa shape index (κ1) is 23.0. The summed E-state index contributed by atoms with van der Waals surface area (Å²) in [7, 11) is 0. The smallest absolute Gasteiger partial charge is 0.00510 e. The molecule has 0 amide bonds. The standard InChI is InChI=1S/C26H40.C2H4/c1-6-7-8-15-26(5)17-21(4)25(18-26)23-13-14-24(20(3)16-23)22-11-9-19(2)10-12-22;1-2/h13-14,16,19,22,25H,4,6-12,15,17-18H2,1-3,5H3;1-2H2. The third-order valence-electron chi connectivity index (χ3n) is 7.38. The fraction of sp³-hybridized carbons (Fsp3) is 0.643. The quantitative estimate of drug-likeness (QED) is 0.341. The lowest BCUT2D eigenvalue weighted by atomic mass is 9.77. The first-order valence-corrected chi connectivity index (χ1v) is 11.7. The Morgan fingerprint density at radius 2 is 1.75 bits per heavy atom. The van der Waals surface area contributed by atoms with Crippen molar-refractivity contribution in [2.24, 2.45) is 11.3 Å². The van der Waals surface area contributed by atoms with Gasteiger partial charge >= 0.3 is 0 Å². The first-order valence-electron chi connectivity index (χ1n) is 11.7. The lowest BCUT2D eigenvalue weighted by Crippen LogP contribution is -2.13. The Kier molecular flexibility index (Phi) is 8.59. The minimum Gasteiger partial charge on any atom is -0.106 e. The van der Waals surface area contributed by atoms with Gasteiger partial charge < -0.3 is 0 Å². The molecule has 0 aromatic heterocycles. The Bertz CT molecular complexity index is 631. The largest absolute Gasteiger partial charge is 0.106 e. The molecule has 0 bridgehead atoms. The summed E-state index contributed by atoms with van der Waals surface area (Å²) in [5, 5.41) is 0. The lowest BCUT2D eigenvalue weighted by Gasteiger charge is -2.28. The maximum atomic E-state index is 4.49. The Morgan fingerprint density at radius 1 is 1.07 bits per heavy atom. The van der Waals surface area contributed by atoms with Crippen molar-refractivity contribution in [2.45, 2.75) is 104 Å². The Labute approximate surface area is 175 Å². The lowest BCUT2D eigenvalue weighted by molar-refractivity contribution is 0.295. The molecule has 2 unspecified atom stereocenters. The van der Waals surface area contributed by atoms with Crippen molar-refractivity contribution < 1.29 is 0 Å². The molecule has 0 radical (unpaired) electrons. The second-order valence-corrected chi connectivity index (χ2v) is 9.93. The monoisotopic (exact) mass is 380 g/mol. The molecule has 28 heavy (non-hydrogen) atoms. The SMILES string of the molecule is C=C.C=C1CC(C)(CCCCC)CC1c1ccc(C2CCC(C)CC2)c(C)c1. The molecule has 0 heterocycles. The fourth-order valence-electron chi connectivity index (χ4n) is 5.67. The van der Waals surface area contributed by atoms with E-state index >= 15 is 0 Å². The van der Waals surface area contributed by atoms with E-state index in [4.69, 9.17) is 0 Å². The van der Waals surface area contributed by atoms with Crippen molar-refractivity contribution >= 4 is 0 Å². The van der Waals surface area contributed by atoms with Gasteiger partial charge in [0.05, 0.1) is 0 Å². The summed E-state index contributed by atoms with van der Waals surface area (Å²) >= 11 is 0. The second-order valence-electron chi connectivity index (χ2n) is 9.93. The highest BCUT2D eigenvalue weighted by Crippen LogP contribution is 2.52. The minimum absolute atomic E-state index is 0.475. The maximum Gasteiger partial charge on any atom is 0.00510 e. The fourth-order valence-corrected chi connectivity index (χ4v) is 5.67. The van der Waals surface area contributed by atoms with Crippen molar-refractivity contribution in [3.8, 4) is 0 Å². The maximum absolute atomic E-state index is 4.49. The van der Waals surface area contributed by atoms with Gasteiger partial charge in [0, 0.05) is 5.92 Å². The van der Waals surface area contributed by atoms with Gasteiger partial charge in [-0.1, -0.05) is 83.2 Å². The zero-order valence-corrected chi connectivity index (χ0v) is 19.2. The van der Waals surface area contributed by atoms with Gasteiger partial charge in [0.15, 0.2) is 0 Å². The van der Waals surface area contributed by atoms with Crippen LogP contribution in [0.3, 0.4) is 0 Å². The van der Waals surface area contributed by atoms with Gasteiger partial charge in [-0.05, 0) is 73.0 Å². The van der Waals surface area contributed by atoms with Gasteiger partial charge in [-0.2, -0.15) is 0 Å². The Morgan fingerprint density at radius 3 is 2.36 bits per heavy atom. The van der Waals surface area contributed by atoms with Crippen molar-refractivity contribution in [2.75, 3.05) is 0 Å². The molecule has 2 fully saturated rings. The number of rotatable bonds is 6. The van der Waals surface area contributed by atoms with Crippen molar-refractivity contribution in [1.82, 2.24) is 0 Å². The molecule has 2 aliphatic carbocycles. The van der Waals surface area contributed by atoms with E-state index in [2.05, 4.69) is 65.6 Å². The average Bonchev–Trinajstić information content (AvgIpc) is 2.99. The van der Waals surface area contributed by atoms with Gasteiger partial charge in [0.25, 0.3) is 0 Å². The highest BCUT2D eigenvalue weighted by molar-refractivity contribution is 5.39. The molecule has 2 aliphatic rings. The van der Waals surface area contributed by atoms with Gasteiger partial charge in [0.2, 0.25) is 0 Å². The third kappa shape index (κ3) is 5.62. The normalized spacial score (nSPS) is 30.0. The summed E-state index contributed by atoms with van der Waals surface area (Å²) in [5.74, 6) is 2.31. The van der Waals surface area contributed by atoms with E-state index in [9.17, 15) is 0 Å². The van der Waals surface area contributed by atoms with Crippen molar-refractivity contribution in [3.63, 3.8) is 0 Å². The van der Waals surface area contributed by atoms with E-state index < -0.39 is 0 Å². The zero-order valence-electron chi connectivity index (χ0n) is 19.2. The highest BCUT2D eigenvalue weighted by atomic mass is 14.4. The summed E-state index contributed by atoms with van der Waals surface area (Å²) in [6.07, 6.45) is 13.5. The Hall–Kier alpha value is -1.30. The number of benzene rings is 1. The third-order valence-corrected chi connectivity index (χ3v) is 7.38. The summed E-state index contributed by atoms with van der Waals surface area (Å²) < 4.78 is 0. The molecule has 0 saturated heterocycles. The van der Waals surface area contributed by atoms with Crippen LogP contribution in [0.1, 0.15) is 114 Å². The van der Waals surface area contributed by atoms with Gasteiger partial charge in [-0.15, -0.1) is 13.2 Å². The molecule has 0 N–H and O–H groups in total. The average molecular weight is 381 g/mol. The van der Waals surface area contributed by atoms with Crippen molar-refractivity contribution in [3.05, 3.63) is 60.2 Å². The van der Waals surface area contributed by atoms with Gasteiger partial charge in [0.1, 0.15) is 0 Å². The summed E-state index contributed by atoms with van der Waals surface area (Å²) in [5.41, 5.74) is 6.62. The molecule has 156 valence electrons. The van der Waals surface area contributed by atoms with Crippen LogP contribution < -0.4 is 0 Å². The zero-order chi connectivity index (χ0) is 20.7. The molecule has 2 atom stereocenters. The second kappa shape index (κ2) is 10.5. The van der Waals surface area contributed by atoms with Crippen LogP contribution in [0.5, 0.6) is 0 Å². The van der Waals surface area contributed by atoms with Crippen LogP contribution in [-0.4, -0.2) is 0 Å². The van der Waals surface area contributed by atoms with E-state index in [0.29, 0.717) is 11.3 Å². The summed E-state index contributed by atoms with van der Waals surface area (Å²) in [4.78, 5) is 0. The van der Waals surface area contributed by atoms with E-state index in [0.717, 1.165) is 11.8 Å². The van der Waals surface area contributed by atoms with E-state index in [1.165, 1.54) is 80.9 Å². The van der Waals surface area contributed by atoms with Crippen LogP contribution in [0.4, 0.5) is 0 Å². The van der Waals surface area contributed by atoms with E-state index in [1.807, 2.05) is 0 Å². The predicted octanol–water partition coefficient (Wildman–Crippen LogP) is 9.11. The first-order chi connectivity index (χ1) is 13.4. The van der Waals surface area contributed by atoms with Crippen LogP contribution >= 0.6 is 0 Å². The molecule has 1 aromatic rings. The van der Waals surface area contributed by atoms with E-state index in [1.54, 1.807) is 5.56 Å². The molecule has 2 saturated carbocycles. The number of unbranched alkanes of at least 4 members (excludes halogenated alkanes) is 2. The van der Waals surface area contributed by atoms with Crippen LogP contribution in [0.2, 0.25) is 0 Å². The molecular weight excluding hydrogens is 336 g/mol. The number of hydrogen-bond donors (Lipinski definition) is 0. The van der Waals surface area contributed by atoms with Gasteiger partial charge in [-0.3, -0.25) is 0 Å². The van der Waals surface area contributed by atoms with E-state index in [-0.39, 0.29) is 0 Å². The molecule has 0 heteroatoms. The Balaban J connectivity index is 0.00000136. The topological polar surface area (TPSA) is 0 Å². The molecule has 1 aromatic carbocycles. The van der Waals surface area contributed by atoms with Crippen LogP contribution in [0, 0.1) is 18.3 Å². The summed E-state index contributed by atoms with van der Waals surface area (Å²) in [6, 6.07) is 7.40. The number of allylic oxidation sites excluding steroid dienone is 1. The minimum atomic E-state index is 0.475. The molecule has 0 aliphatic heterocycles. The molecule has 0 nitrogen and oxygen atoms in total. The van der Waals surface area contributed by atoms with Crippen LogP contribution in [0.15, 0.2) is 43.5 Å². The van der Waals surface area contributed by atoms with Gasteiger partial charge in [-0.25, -0.2) is 0 Å². The summed E-state index contributed by atoms with van der Waals surface area (Å²) in [6.45, 7) is 20.0.